The molecule has 1 amide bonds. The summed E-state index contributed by atoms with van der Waals surface area (Å²) in [6.45, 7) is 3.73. The van der Waals surface area contributed by atoms with Crippen LogP contribution in [0.15, 0.2) is 0 Å². The lowest BCUT2D eigenvalue weighted by molar-refractivity contribution is -0.123. The maximum Gasteiger partial charge on any atom is 0.237 e. The van der Waals surface area contributed by atoms with E-state index in [4.69, 9.17) is 4.74 Å². The molecule has 0 spiro atoms. The number of carbonyl (C=O) groups excluding carboxylic acids is 1. The van der Waals surface area contributed by atoms with Crippen molar-refractivity contribution in [1.29, 1.82) is 0 Å². The number of ether oxygens (including phenoxy) is 1. The number of nitrogens with one attached hydrogen (secondary N) is 2. The topological polar surface area (TPSA) is 50.4 Å². The van der Waals surface area contributed by atoms with Crippen molar-refractivity contribution in [1.82, 2.24) is 10.6 Å². The minimum absolute atomic E-state index is 0.0148. The summed E-state index contributed by atoms with van der Waals surface area (Å²) in [5, 5.41) is 6.28. The first-order valence-electron chi connectivity index (χ1n) is 6.30. The van der Waals surface area contributed by atoms with Gasteiger partial charge in [0.1, 0.15) is 0 Å². The zero-order valence-corrected chi connectivity index (χ0v) is 10.4. The molecule has 0 radical (unpaired) electrons. The minimum atomic E-state index is 0.0148. The monoisotopic (exact) mass is 228 g/mol. The summed E-state index contributed by atoms with van der Waals surface area (Å²) in [5.41, 5.74) is 0. The first-order valence-corrected chi connectivity index (χ1v) is 6.30. The molecule has 1 fully saturated rings. The van der Waals surface area contributed by atoms with E-state index < -0.39 is 0 Å². The normalized spacial score (nSPS) is 22.0. The van der Waals surface area contributed by atoms with Gasteiger partial charge in [-0.25, -0.2) is 0 Å². The third-order valence-corrected chi connectivity index (χ3v) is 3.00. The van der Waals surface area contributed by atoms with Crippen LogP contribution in [0.2, 0.25) is 0 Å². The van der Waals surface area contributed by atoms with Gasteiger partial charge in [-0.3, -0.25) is 4.79 Å². The fourth-order valence-corrected chi connectivity index (χ4v) is 2.06. The van der Waals surface area contributed by atoms with Crippen LogP contribution >= 0.6 is 0 Å². The van der Waals surface area contributed by atoms with E-state index >= 15 is 0 Å². The summed E-state index contributed by atoms with van der Waals surface area (Å²) in [5.74, 6) is 0.135. The Kier molecular flexibility index (Phi) is 6.42. The molecular weight excluding hydrogens is 204 g/mol. The summed E-state index contributed by atoms with van der Waals surface area (Å²) in [6, 6.07) is 0.181. The van der Waals surface area contributed by atoms with E-state index in [1.54, 1.807) is 7.11 Å². The van der Waals surface area contributed by atoms with Crippen molar-refractivity contribution in [3.63, 3.8) is 0 Å². The Labute approximate surface area is 98.1 Å². The highest BCUT2D eigenvalue weighted by Gasteiger charge is 2.23. The minimum Gasteiger partial charge on any atom is -0.383 e. The number of methoxy groups -OCH3 is 1. The predicted octanol–water partition coefficient (Wildman–Crippen LogP) is 1.06. The van der Waals surface area contributed by atoms with Crippen molar-refractivity contribution in [2.45, 2.75) is 51.1 Å². The first kappa shape index (κ1) is 13.5. The molecule has 1 aliphatic rings. The van der Waals surface area contributed by atoms with Gasteiger partial charge < -0.3 is 15.4 Å². The third-order valence-electron chi connectivity index (χ3n) is 3.00. The van der Waals surface area contributed by atoms with E-state index in [1.807, 2.05) is 0 Å². The van der Waals surface area contributed by atoms with Crippen LogP contribution in [-0.4, -0.2) is 38.3 Å². The number of rotatable bonds is 7. The Bertz CT molecular complexity index is 203. The second-order valence-corrected chi connectivity index (χ2v) is 4.45. The van der Waals surface area contributed by atoms with Crippen molar-refractivity contribution in [3.05, 3.63) is 0 Å². The second kappa shape index (κ2) is 7.63. The van der Waals surface area contributed by atoms with Crippen molar-refractivity contribution in [2.75, 3.05) is 20.3 Å². The summed E-state index contributed by atoms with van der Waals surface area (Å²) in [4.78, 5) is 11.9. The molecule has 2 atom stereocenters. The van der Waals surface area contributed by atoms with E-state index in [1.165, 1.54) is 0 Å². The van der Waals surface area contributed by atoms with Crippen molar-refractivity contribution < 1.29 is 9.53 Å². The largest absolute Gasteiger partial charge is 0.383 e. The predicted molar refractivity (Wildman–Crippen MR) is 64.4 cm³/mol. The molecule has 0 aliphatic carbocycles. The molecule has 0 aromatic rings. The zero-order valence-electron chi connectivity index (χ0n) is 10.4. The highest BCUT2D eigenvalue weighted by Crippen LogP contribution is 2.07. The third kappa shape index (κ3) is 4.49. The van der Waals surface area contributed by atoms with E-state index in [0.717, 1.165) is 38.6 Å². The highest BCUT2D eigenvalue weighted by atomic mass is 16.5. The lowest BCUT2D eigenvalue weighted by Gasteiger charge is -2.20. The molecule has 0 aromatic heterocycles. The molecule has 1 saturated heterocycles. The van der Waals surface area contributed by atoms with Crippen LogP contribution in [0.25, 0.3) is 0 Å². The molecule has 2 N–H and O–H groups in total. The van der Waals surface area contributed by atoms with Gasteiger partial charge in [-0.15, -0.1) is 0 Å². The van der Waals surface area contributed by atoms with Crippen LogP contribution < -0.4 is 10.6 Å². The summed E-state index contributed by atoms with van der Waals surface area (Å²) in [6.07, 6.45) is 5.34. The van der Waals surface area contributed by atoms with E-state index in [2.05, 4.69) is 17.6 Å². The SMILES string of the molecule is CCCCC(COC)NC(=O)C1CCCN1. The van der Waals surface area contributed by atoms with Gasteiger partial charge in [0.05, 0.1) is 18.7 Å². The fraction of sp³-hybridized carbons (Fsp3) is 0.917. The number of unbranched alkanes of at least 4 members (excludes halogenated alkanes) is 1. The van der Waals surface area contributed by atoms with Crippen LogP contribution in [0.5, 0.6) is 0 Å². The second-order valence-electron chi connectivity index (χ2n) is 4.45. The van der Waals surface area contributed by atoms with E-state index in [-0.39, 0.29) is 18.0 Å². The number of carbonyl (C=O) groups is 1. The van der Waals surface area contributed by atoms with Crippen LogP contribution in [0.4, 0.5) is 0 Å². The van der Waals surface area contributed by atoms with Gasteiger partial charge in [-0.05, 0) is 25.8 Å². The van der Waals surface area contributed by atoms with Gasteiger partial charge >= 0.3 is 0 Å². The first-order chi connectivity index (χ1) is 7.77. The molecule has 16 heavy (non-hydrogen) atoms. The van der Waals surface area contributed by atoms with Crippen molar-refractivity contribution >= 4 is 5.91 Å². The molecule has 4 nitrogen and oxygen atoms in total. The summed E-state index contributed by atoms with van der Waals surface area (Å²) < 4.78 is 5.13. The fourth-order valence-electron chi connectivity index (χ4n) is 2.06. The van der Waals surface area contributed by atoms with Crippen LogP contribution in [0.1, 0.15) is 39.0 Å². The van der Waals surface area contributed by atoms with Crippen LogP contribution in [0, 0.1) is 0 Å². The molecule has 1 heterocycles. The molecular formula is C12H24N2O2. The Morgan fingerprint density at radius 3 is 3.00 bits per heavy atom. The van der Waals surface area contributed by atoms with Gasteiger partial charge in [0, 0.05) is 7.11 Å². The molecule has 0 bridgehead atoms. The van der Waals surface area contributed by atoms with Gasteiger partial charge in [0.15, 0.2) is 0 Å². The molecule has 94 valence electrons. The van der Waals surface area contributed by atoms with E-state index in [0.29, 0.717) is 6.61 Å². The van der Waals surface area contributed by atoms with Crippen molar-refractivity contribution in [2.24, 2.45) is 0 Å². The maximum absolute atomic E-state index is 11.9. The molecule has 0 aromatic carbocycles. The number of hydrogen-bond acceptors (Lipinski definition) is 3. The number of hydrogen-bond donors (Lipinski definition) is 2. The molecule has 0 saturated carbocycles. The highest BCUT2D eigenvalue weighted by molar-refractivity contribution is 5.82. The van der Waals surface area contributed by atoms with Crippen molar-refractivity contribution in [3.8, 4) is 0 Å². The lowest BCUT2D eigenvalue weighted by Crippen LogP contribution is -2.46. The molecule has 2 unspecified atom stereocenters. The zero-order chi connectivity index (χ0) is 11.8. The van der Waals surface area contributed by atoms with Gasteiger partial charge in [-0.1, -0.05) is 19.8 Å². The molecule has 1 rings (SSSR count). The Morgan fingerprint density at radius 1 is 1.62 bits per heavy atom. The maximum atomic E-state index is 11.9. The standard InChI is InChI=1S/C12H24N2O2/c1-3-4-6-10(9-16-2)14-12(15)11-7-5-8-13-11/h10-11,13H,3-9H2,1-2H3,(H,14,15). The lowest BCUT2D eigenvalue weighted by atomic mass is 10.1. The smallest absolute Gasteiger partial charge is 0.237 e. The van der Waals surface area contributed by atoms with E-state index in [9.17, 15) is 4.79 Å². The number of amides is 1. The van der Waals surface area contributed by atoms with Crippen LogP contribution in [0.3, 0.4) is 0 Å². The summed E-state index contributed by atoms with van der Waals surface area (Å²) in [7, 11) is 1.68. The average Bonchev–Trinajstić information content (AvgIpc) is 2.79. The molecule has 1 aliphatic heterocycles. The van der Waals surface area contributed by atoms with Crippen LogP contribution in [-0.2, 0) is 9.53 Å². The quantitative estimate of drug-likeness (QED) is 0.685. The molecule has 4 heteroatoms. The Morgan fingerprint density at radius 2 is 2.44 bits per heavy atom. The Balaban J connectivity index is 2.30. The Hall–Kier alpha value is -0.610. The van der Waals surface area contributed by atoms with Gasteiger partial charge in [0.2, 0.25) is 5.91 Å². The van der Waals surface area contributed by atoms with Gasteiger partial charge in [0.25, 0.3) is 0 Å². The van der Waals surface area contributed by atoms with Gasteiger partial charge in [-0.2, -0.15) is 0 Å². The summed E-state index contributed by atoms with van der Waals surface area (Å²) >= 11 is 0. The average molecular weight is 228 g/mol.